The van der Waals surface area contributed by atoms with E-state index in [1.807, 2.05) is 7.05 Å². The van der Waals surface area contributed by atoms with E-state index in [-0.39, 0.29) is 5.41 Å². The Labute approximate surface area is 125 Å². The Kier molecular flexibility index (Phi) is 7.25. The van der Waals surface area contributed by atoms with E-state index in [1.54, 1.807) is 4.80 Å². The highest BCUT2D eigenvalue weighted by atomic mass is 15.5. The highest BCUT2D eigenvalue weighted by Gasteiger charge is 2.30. The van der Waals surface area contributed by atoms with Crippen LogP contribution in [0.15, 0.2) is 0 Å². The van der Waals surface area contributed by atoms with Crippen LogP contribution < -0.4 is 0 Å². The molecule has 0 radical (unpaired) electrons. The van der Waals surface area contributed by atoms with Crippen LogP contribution in [0, 0.1) is 6.92 Å². The van der Waals surface area contributed by atoms with Gasteiger partial charge in [-0.15, -0.1) is 0 Å². The summed E-state index contributed by atoms with van der Waals surface area (Å²) in [6.45, 7) is 9.04. The SMILES string of the molecule is CCCCCCC(C)(CCCCC)c1nn(C)nc1C. The van der Waals surface area contributed by atoms with Crippen LogP contribution >= 0.6 is 0 Å². The van der Waals surface area contributed by atoms with Gasteiger partial charge in [0, 0.05) is 12.5 Å². The maximum Gasteiger partial charge on any atom is 0.0915 e. The van der Waals surface area contributed by atoms with E-state index in [2.05, 4.69) is 37.9 Å². The summed E-state index contributed by atoms with van der Waals surface area (Å²) in [6, 6.07) is 0. The lowest BCUT2D eigenvalue weighted by Gasteiger charge is -2.28. The molecule has 3 heteroatoms. The Morgan fingerprint density at radius 3 is 1.95 bits per heavy atom. The van der Waals surface area contributed by atoms with Gasteiger partial charge < -0.3 is 0 Å². The molecular formula is C17H33N3. The number of unbranched alkanes of at least 4 members (excludes halogenated alkanes) is 5. The summed E-state index contributed by atoms with van der Waals surface area (Å²) in [5, 5.41) is 9.12. The summed E-state index contributed by atoms with van der Waals surface area (Å²) in [5.41, 5.74) is 2.55. The minimum absolute atomic E-state index is 0.210. The van der Waals surface area contributed by atoms with Gasteiger partial charge in [0.15, 0.2) is 0 Å². The molecule has 3 nitrogen and oxygen atoms in total. The molecule has 1 aromatic rings. The van der Waals surface area contributed by atoms with Crippen molar-refractivity contribution in [1.29, 1.82) is 0 Å². The zero-order valence-electron chi connectivity index (χ0n) is 14.2. The lowest BCUT2D eigenvalue weighted by atomic mass is 9.76. The molecule has 0 spiro atoms. The van der Waals surface area contributed by atoms with Crippen LogP contribution in [-0.2, 0) is 12.5 Å². The van der Waals surface area contributed by atoms with Gasteiger partial charge in [-0.3, -0.25) is 0 Å². The summed E-state index contributed by atoms with van der Waals surface area (Å²) < 4.78 is 0. The molecule has 0 saturated carbocycles. The van der Waals surface area contributed by atoms with Crippen LogP contribution in [0.4, 0.5) is 0 Å². The molecule has 0 amide bonds. The molecule has 20 heavy (non-hydrogen) atoms. The molecule has 0 fully saturated rings. The summed E-state index contributed by atoms with van der Waals surface area (Å²) in [6.07, 6.45) is 11.7. The zero-order valence-corrected chi connectivity index (χ0v) is 14.2. The molecule has 1 rings (SSSR count). The van der Waals surface area contributed by atoms with Crippen LogP contribution in [0.3, 0.4) is 0 Å². The molecule has 0 saturated heterocycles. The zero-order chi connectivity index (χ0) is 15.0. The van der Waals surface area contributed by atoms with Crippen LogP contribution in [0.25, 0.3) is 0 Å². The van der Waals surface area contributed by atoms with Crippen molar-refractivity contribution < 1.29 is 0 Å². The second kappa shape index (κ2) is 8.43. The Bertz CT molecular complexity index is 384. The Balaban J connectivity index is 2.74. The normalized spacial score (nSPS) is 14.4. The first-order valence-corrected chi connectivity index (χ1v) is 8.42. The second-order valence-electron chi connectivity index (χ2n) is 6.45. The summed E-state index contributed by atoms with van der Waals surface area (Å²) in [7, 11) is 1.93. The standard InChI is InChI=1S/C17H33N3/c1-6-8-10-12-14-17(4,13-11-9-7-2)16-15(3)18-20(5)19-16/h6-14H2,1-5H3. The summed E-state index contributed by atoms with van der Waals surface area (Å²) >= 11 is 0. The highest BCUT2D eigenvalue weighted by Crippen LogP contribution is 2.35. The van der Waals surface area contributed by atoms with Crippen molar-refractivity contribution in [3.8, 4) is 0 Å². The molecule has 0 N–H and O–H groups in total. The van der Waals surface area contributed by atoms with E-state index in [9.17, 15) is 0 Å². The van der Waals surface area contributed by atoms with Crippen molar-refractivity contribution in [2.24, 2.45) is 7.05 Å². The van der Waals surface area contributed by atoms with E-state index in [0.717, 1.165) is 5.69 Å². The predicted molar refractivity (Wildman–Crippen MR) is 86.0 cm³/mol. The molecular weight excluding hydrogens is 246 g/mol. The average molecular weight is 279 g/mol. The molecule has 0 aliphatic heterocycles. The first-order valence-electron chi connectivity index (χ1n) is 8.42. The quantitative estimate of drug-likeness (QED) is 0.568. The first kappa shape index (κ1) is 17.2. The van der Waals surface area contributed by atoms with Crippen molar-refractivity contribution in [3.05, 3.63) is 11.4 Å². The Hall–Kier alpha value is -0.860. The van der Waals surface area contributed by atoms with Crippen LogP contribution in [0.1, 0.15) is 89.9 Å². The lowest BCUT2D eigenvalue weighted by Crippen LogP contribution is -2.24. The molecule has 1 heterocycles. The van der Waals surface area contributed by atoms with Gasteiger partial charge in [-0.2, -0.15) is 15.0 Å². The molecule has 0 aromatic carbocycles. The minimum Gasteiger partial charge on any atom is -0.188 e. The van der Waals surface area contributed by atoms with Gasteiger partial charge in [-0.25, -0.2) is 0 Å². The fraction of sp³-hybridized carbons (Fsp3) is 0.882. The Morgan fingerprint density at radius 2 is 1.45 bits per heavy atom. The minimum atomic E-state index is 0.210. The van der Waals surface area contributed by atoms with Gasteiger partial charge >= 0.3 is 0 Å². The van der Waals surface area contributed by atoms with E-state index in [0.29, 0.717) is 0 Å². The largest absolute Gasteiger partial charge is 0.188 e. The first-order chi connectivity index (χ1) is 9.53. The van der Waals surface area contributed by atoms with E-state index >= 15 is 0 Å². The molecule has 1 atom stereocenters. The third-order valence-electron chi connectivity index (χ3n) is 4.37. The van der Waals surface area contributed by atoms with Gasteiger partial charge in [0.05, 0.1) is 11.4 Å². The highest BCUT2D eigenvalue weighted by molar-refractivity contribution is 5.18. The van der Waals surface area contributed by atoms with Crippen molar-refractivity contribution in [3.63, 3.8) is 0 Å². The van der Waals surface area contributed by atoms with Gasteiger partial charge in [-0.05, 0) is 19.8 Å². The molecule has 0 bridgehead atoms. The maximum absolute atomic E-state index is 4.67. The van der Waals surface area contributed by atoms with Crippen LogP contribution in [-0.4, -0.2) is 15.0 Å². The van der Waals surface area contributed by atoms with Crippen molar-refractivity contribution in [2.75, 3.05) is 0 Å². The number of nitrogens with zero attached hydrogens (tertiary/aromatic N) is 3. The van der Waals surface area contributed by atoms with Gasteiger partial charge in [0.2, 0.25) is 0 Å². The number of aryl methyl sites for hydroxylation is 2. The smallest absolute Gasteiger partial charge is 0.0915 e. The van der Waals surface area contributed by atoms with E-state index in [4.69, 9.17) is 0 Å². The number of hydrogen-bond donors (Lipinski definition) is 0. The second-order valence-corrected chi connectivity index (χ2v) is 6.45. The third kappa shape index (κ3) is 4.92. The van der Waals surface area contributed by atoms with E-state index in [1.165, 1.54) is 63.5 Å². The number of aromatic nitrogens is 3. The summed E-state index contributed by atoms with van der Waals surface area (Å²) in [4.78, 5) is 1.73. The topological polar surface area (TPSA) is 30.7 Å². The van der Waals surface area contributed by atoms with Gasteiger partial charge in [0.25, 0.3) is 0 Å². The van der Waals surface area contributed by atoms with E-state index < -0.39 is 0 Å². The monoisotopic (exact) mass is 279 g/mol. The third-order valence-corrected chi connectivity index (χ3v) is 4.37. The fourth-order valence-corrected chi connectivity index (χ4v) is 3.13. The Morgan fingerprint density at radius 1 is 0.900 bits per heavy atom. The molecule has 0 aliphatic rings. The fourth-order valence-electron chi connectivity index (χ4n) is 3.13. The van der Waals surface area contributed by atoms with Crippen LogP contribution in [0.2, 0.25) is 0 Å². The maximum atomic E-state index is 4.67. The van der Waals surface area contributed by atoms with Gasteiger partial charge in [0.1, 0.15) is 0 Å². The number of hydrogen-bond acceptors (Lipinski definition) is 2. The van der Waals surface area contributed by atoms with Gasteiger partial charge in [-0.1, -0.05) is 65.7 Å². The molecule has 1 unspecified atom stereocenters. The predicted octanol–water partition coefficient (Wildman–Crippen LogP) is 4.93. The van der Waals surface area contributed by atoms with Crippen molar-refractivity contribution in [2.45, 2.75) is 90.9 Å². The van der Waals surface area contributed by atoms with Crippen molar-refractivity contribution >= 4 is 0 Å². The van der Waals surface area contributed by atoms with Crippen molar-refractivity contribution in [1.82, 2.24) is 15.0 Å². The van der Waals surface area contributed by atoms with Crippen LogP contribution in [0.5, 0.6) is 0 Å². The summed E-state index contributed by atoms with van der Waals surface area (Å²) in [5.74, 6) is 0. The lowest BCUT2D eigenvalue weighted by molar-refractivity contribution is 0.352. The molecule has 116 valence electrons. The average Bonchev–Trinajstić information content (AvgIpc) is 2.75. The molecule has 0 aliphatic carbocycles. The number of rotatable bonds is 10. The molecule has 1 aromatic heterocycles.